The Kier molecular flexibility index (Phi) is 6.52. The van der Waals surface area contributed by atoms with E-state index in [1.54, 1.807) is 17.0 Å². The van der Waals surface area contributed by atoms with Crippen LogP contribution < -0.4 is 10.1 Å². The monoisotopic (exact) mass is 340 g/mol. The molecule has 5 nitrogen and oxygen atoms in total. The van der Waals surface area contributed by atoms with Crippen LogP contribution in [-0.2, 0) is 4.79 Å². The van der Waals surface area contributed by atoms with Crippen molar-refractivity contribution < 1.29 is 23.1 Å². The number of carbonyl (C=O) groups excluding carboxylic acids is 2. The average Bonchev–Trinajstić information content (AvgIpc) is 2.59. The molecule has 2 rings (SSSR count). The van der Waals surface area contributed by atoms with Gasteiger partial charge < -0.3 is 15.0 Å². The predicted molar refractivity (Wildman–Crippen MR) is 85.0 cm³/mol. The zero-order chi connectivity index (χ0) is 17.5. The van der Waals surface area contributed by atoms with Gasteiger partial charge in [-0.15, -0.1) is 0 Å². The van der Waals surface area contributed by atoms with E-state index in [9.17, 15) is 18.4 Å². The lowest BCUT2D eigenvalue weighted by molar-refractivity contribution is -0.126. The molecule has 0 bridgehead atoms. The van der Waals surface area contributed by atoms with Gasteiger partial charge >= 0.3 is 6.61 Å². The number of nitrogens with zero attached hydrogens (tertiary/aromatic N) is 1. The number of halogens is 2. The first-order chi connectivity index (χ1) is 11.5. The van der Waals surface area contributed by atoms with Gasteiger partial charge in [-0.25, -0.2) is 0 Å². The third kappa shape index (κ3) is 4.66. The van der Waals surface area contributed by atoms with Crippen molar-refractivity contribution in [2.75, 3.05) is 19.6 Å². The van der Waals surface area contributed by atoms with E-state index in [-0.39, 0.29) is 29.0 Å². The highest BCUT2D eigenvalue weighted by Crippen LogP contribution is 2.25. The van der Waals surface area contributed by atoms with Crippen LogP contribution in [0.25, 0.3) is 0 Å². The number of ether oxygens (including phenoxy) is 1. The van der Waals surface area contributed by atoms with Crippen LogP contribution in [0.5, 0.6) is 5.75 Å². The number of hydrogen-bond donors (Lipinski definition) is 1. The largest absolute Gasteiger partial charge is 0.434 e. The Bertz CT molecular complexity index is 573. The molecule has 24 heavy (non-hydrogen) atoms. The topological polar surface area (TPSA) is 58.6 Å². The van der Waals surface area contributed by atoms with Gasteiger partial charge in [0.05, 0.1) is 5.56 Å². The van der Waals surface area contributed by atoms with Crippen LogP contribution in [0.2, 0.25) is 0 Å². The smallest absolute Gasteiger partial charge is 0.387 e. The Hall–Kier alpha value is -2.18. The fourth-order valence-corrected chi connectivity index (χ4v) is 2.75. The molecule has 0 unspecified atom stereocenters. The van der Waals surface area contributed by atoms with Crippen LogP contribution in [0.1, 0.15) is 36.5 Å². The van der Waals surface area contributed by atoms with Crippen molar-refractivity contribution in [2.24, 2.45) is 5.92 Å². The Morgan fingerprint density at radius 3 is 2.58 bits per heavy atom. The molecular weight excluding hydrogens is 318 g/mol. The van der Waals surface area contributed by atoms with E-state index in [4.69, 9.17) is 0 Å². The Balaban J connectivity index is 1.97. The van der Waals surface area contributed by atoms with Crippen molar-refractivity contribution in [3.8, 4) is 5.75 Å². The summed E-state index contributed by atoms with van der Waals surface area (Å²) in [5, 5.41) is 2.86. The van der Waals surface area contributed by atoms with Crippen molar-refractivity contribution >= 4 is 11.8 Å². The van der Waals surface area contributed by atoms with Gasteiger partial charge in [0.1, 0.15) is 5.75 Å². The van der Waals surface area contributed by atoms with Crippen molar-refractivity contribution in [2.45, 2.75) is 32.8 Å². The molecule has 0 spiro atoms. The van der Waals surface area contributed by atoms with Gasteiger partial charge in [0.2, 0.25) is 5.91 Å². The molecule has 132 valence electrons. The molecule has 1 aromatic carbocycles. The maximum absolute atomic E-state index is 12.6. The Labute approximate surface area is 140 Å². The Morgan fingerprint density at radius 2 is 1.96 bits per heavy atom. The summed E-state index contributed by atoms with van der Waals surface area (Å²) in [5.74, 6) is -0.558. The van der Waals surface area contributed by atoms with Crippen molar-refractivity contribution in [1.29, 1.82) is 0 Å². The summed E-state index contributed by atoms with van der Waals surface area (Å²) >= 11 is 0. The lowest BCUT2D eigenvalue weighted by atomic mass is 9.95. The first-order valence-electron chi connectivity index (χ1n) is 8.13. The van der Waals surface area contributed by atoms with Gasteiger partial charge in [0.25, 0.3) is 5.91 Å². The predicted octanol–water partition coefficient (Wildman–Crippen LogP) is 2.67. The summed E-state index contributed by atoms with van der Waals surface area (Å²) in [7, 11) is 0. The summed E-state index contributed by atoms with van der Waals surface area (Å²) in [6.45, 7) is 0.501. The lowest BCUT2D eigenvalue weighted by Gasteiger charge is -2.31. The number of amides is 2. The van der Waals surface area contributed by atoms with E-state index in [1.807, 2.05) is 6.92 Å². The molecule has 1 aromatic rings. The fourth-order valence-electron chi connectivity index (χ4n) is 2.75. The first kappa shape index (κ1) is 18.2. The summed E-state index contributed by atoms with van der Waals surface area (Å²) < 4.78 is 29.3. The standard InChI is InChI=1S/C17H22F2N2O3/c1-2-9-20-15(22)12-7-10-21(11-8-12)16(23)13-5-3-4-6-14(13)24-17(18)19/h3-6,12,17H,2,7-11H2,1H3,(H,20,22). The number of likely N-dealkylation sites (tertiary alicyclic amines) is 1. The highest BCUT2D eigenvalue weighted by atomic mass is 19.3. The van der Waals surface area contributed by atoms with Gasteiger partial charge in [0, 0.05) is 25.6 Å². The summed E-state index contributed by atoms with van der Waals surface area (Å²) in [4.78, 5) is 26.1. The van der Waals surface area contributed by atoms with Crippen molar-refractivity contribution in [1.82, 2.24) is 10.2 Å². The second-order valence-electron chi connectivity index (χ2n) is 5.73. The number of benzene rings is 1. The van der Waals surface area contributed by atoms with E-state index in [0.717, 1.165) is 6.42 Å². The number of alkyl halides is 2. The fraction of sp³-hybridized carbons (Fsp3) is 0.529. The van der Waals surface area contributed by atoms with Crippen LogP contribution in [0.15, 0.2) is 24.3 Å². The van der Waals surface area contributed by atoms with Crippen molar-refractivity contribution in [3.05, 3.63) is 29.8 Å². The maximum atomic E-state index is 12.6. The molecule has 7 heteroatoms. The van der Waals surface area contributed by atoms with Crippen LogP contribution in [0.4, 0.5) is 8.78 Å². The minimum Gasteiger partial charge on any atom is -0.434 e. The molecule has 1 heterocycles. The SMILES string of the molecule is CCCNC(=O)C1CCN(C(=O)c2ccccc2OC(F)F)CC1. The molecular formula is C17H22F2N2O3. The summed E-state index contributed by atoms with van der Waals surface area (Å²) in [6.07, 6.45) is 2.02. The third-order valence-electron chi connectivity index (χ3n) is 4.04. The van der Waals surface area contributed by atoms with Crippen LogP contribution in [-0.4, -0.2) is 43.0 Å². The second-order valence-corrected chi connectivity index (χ2v) is 5.73. The molecule has 1 saturated heterocycles. The van der Waals surface area contributed by atoms with Gasteiger partial charge in [-0.2, -0.15) is 8.78 Å². The van der Waals surface area contributed by atoms with Crippen LogP contribution in [0, 0.1) is 5.92 Å². The molecule has 1 N–H and O–H groups in total. The first-order valence-corrected chi connectivity index (χ1v) is 8.13. The molecule has 2 amide bonds. The maximum Gasteiger partial charge on any atom is 0.387 e. The number of rotatable bonds is 6. The van der Waals surface area contributed by atoms with E-state index < -0.39 is 6.61 Å². The number of carbonyl (C=O) groups is 2. The average molecular weight is 340 g/mol. The summed E-state index contributed by atoms with van der Waals surface area (Å²) in [6, 6.07) is 5.97. The molecule has 1 fully saturated rings. The third-order valence-corrected chi connectivity index (χ3v) is 4.04. The normalized spacial score (nSPS) is 15.4. The zero-order valence-corrected chi connectivity index (χ0v) is 13.6. The molecule has 0 saturated carbocycles. The highest BCUT2D eigenvalue weighted by molar-refractivity contribution is 5.97. The van der Waals surface area contributed by atoms with E-state index in [0.29, 0.717) is 32.5 Å². The van der Waals surface area contributed by atoms with E-state index >= 15 is 0 Å². The minimum absolute atomic E-state index is 0.0189. The van der Waals surface area contributed by atoms with Crippen LogP contribution in [0.3, 0.4) is 0 Å². The van der Waals surface area contributed by atoms with E-state index in [1.165, 1.54) is 12.1 Å². The molecule has 0 radical (unpaired) electrons. The van der Waals surface area contributed by atoms with Gasteiger partial charge in [-0.1, -0.05) is 19.1 Å². The molecule has 0 atom stereocenters. The summed E-state index contributed by atoms with van der Waals surface area (Å²) in [5.41, 5.74) is 0.117. The van der Waals surface area contributed by atoms with Gasteiger partial charge in [-0.05, 0) is 31.4 Å². The van der Waals surface area contributed by atoms with E-state index in [2.05, 4.69) is 10.1 Å². The lowest BCUT2D eigenvalue weighted by Crippen LogP contribution is -2.43. The molecule has 0 aliphatic carbocycles. The quantitative estimate of drug-likeness (QED) is 0.866. The molecule has 1 aliphatic heterocycles. The molecule has 1 aliphatic rings. The molecule has 0 aromatic heterocycles. The second kappa shape index (κ2) is 8.61. The highest BCUT2D eigenvalue weighted by Gasteiger charge is 2.29. The number of hydrogen-bond acceptors (Lipinski definition) is 3. The number of nitrogens with one attached hydrogen (secondary N) is 1. The van der Waals surface area contributed by atoms with Crippen LogP contribution >= 0.6 is 0 Å². The van der Waals surface area contributed by atoms with Crippen molar-refractivity contribution in [3.63, 3.8) is 0 Å². The Morgan fingerprint density at radius 1 is 1.29 bits per heavy atom. The number of para-hydroxylation sites is 1. The van der Waals surface area contributed by atoms with Gasteiger partial charge in [0.15, 0.2) is 0 Å². The van der Waals surface area contributed by atoms with Gasteiger partial charge in [-0.3, -0.25) is 9.59 Å². The zero-order valence-electron chi connectivity index (χ0n) is 13.6. The number of piperidine rings is 1. The minimum atomic E-state index is -2.98.